The summed E-state index contributed by atoms with van der Waals surface area (Å²) in [5.74, 6) is 0.315. The highest BCUT2D eigenvalue weighted by atomic mass is 32.2. The molecule has 4 rings (SSSR count). The van der Waals surface area contributed by atoms with Crippen molar-refractivity contribution in [2.45, 2.75) is 31.7 Å². The third-order valence-corrected chi connectivity index (χ3v) is 7.30. The Bertz CT molecular complexity index is 1230. The van der Waals surface area contributed by atoms with Crippen LogP contribution >= 0.6 is 0 Å². The fourth-order valence-electron chi connectivity index (χ4n) is 3.61. The minimum atomic E-state index is -3.81. The SMILES string of the molecule is COc1cc(C)c(C)cc1S(=O)(=O)N1CCc2[nH]n(-c3ccccc3)c(=O)c2C1. The molecule has 1 N–H and O–H groups in total. The summed E-state index contributed by atoms with van der Waals surface area (Å²) in [6, 6.07) is 12.6. The van der Waals surface area contributed by atoms with E-state index < -0.39 is 10.0 Å². The zero-order valence-electron chi connectivity index (χ0n) is 16.6. The first-order valence-corrected chi connectivity index (χ1v) is 10.8. The minimum Gasteiger partial charge on any atom is -0.495 e. The number of sulfonamides is 1. The van der Waals surface area contributed by atoms with Gasteiger partial charge >= 0.3 is 0 Å². The standard InChI is InChI=1S/C21H23N3O4S/c1-14-11-19(28-3)20(12-15(14)2)29(26,27)23-10-9-18-17(13-23)21(25)24(22-18)16-7-5-4-6-8-16/h4-8,11-12,22H,9-10,13H2,1-3H3. The molecule has 0 fully saturated rings. The van der Waals surface area contributed by atoms with Crippen molar-refractivity contribution in [2.24, 2.45) is 0 Å². The van der Waals surface area contributed by atoms with Crippen molar-refractivity contribution in [3.8, 4) is 11.4 Å². The van der Waals surface area contributed by atoms with Crippen molar-refractivity contribution in [3.63, 3.8) is 0 Å². The first kappa shape index (κ1) is 19.5. The molecule has 29 heavy (non-hydrogen) atoms. The van der Waals surface area contributed by atoms with Crippen LogP contribution in [-0.2, 0) is 23.0 Å². The summed E-state index contributed by atoms with van der Waals surface area (Å²) in [4.78, 5) is 13.1. The van der Waals surface area contributed by atoms with E-state index >= 15 is 0 Å². The molecule has 8 heteroatoms. The van der Waals surface area contributed by atoms with Crippen molar-refractivity contribution >= 4 is 10.0 Å². The van der Waals surface area contributed by atoms with Crippen molar-refractivity contribution in [1.82, 2.24) is 14.1 Å². The summed E-state index contributed by atoms with van der Waals surface area (Å²) in [5.41, 5.74) is 3.58. The molecule has 0 spiro atoms. The lowest BCUT2D eigenvalue weighted by atomic mass is 10.1. The number of H-pyrrole nitrogens is 1. The van der Waals surface area contributed by atoms with Crippen LogP contribution in [0.2, 0.25) is 0 Å². The van der Waals surface area contributed by atoms with Gasteiger partial charge < -0.3 is 4.74 Å². The fourth-order valence-corrected chi connectivity index (χ4v) is 5.24. The first-order chi connectivity index (χ1) is 13.8. The number of para-hydroxylation sites is 1. The number of ether oxygens (including phenoxy) is 1. The molecule has 1 aliphatic rings. The fraction of sp³-hybridized carbons (Fsp3) is 0.286. The van der Waals surface area contributed by atoms with Crippen LogP contribution in [0.15, 0.2) is 52.2 Å². The highest BCUT2D eigenvalue weighted by Gasteiger charge is 2.33. The lowest BCUT2D eigenvalue weighted by Gasteiger charge is -2.26. The average molecular weight is 413 g/mol. The number of hydrogen-bond donors (Lipinski definition) is 1. The highest BCUT2D eigenvalue weighted by molar-refractivity contribution is 7.89. The molecule has 152 valence electrons. The van der Waals surface area contributed by atoms with Crippen LogP contribution < -0.4 is 10.3 Å². The van der Waals surface area contributed by atoms with Gasteiger partial charge in [0.05, 0.1) is 18.4 Å². The maximum absolute atomic E-state index is 13.4. The normalized spacial score (nSPS) is 14.6. The molecule has 7 nitrogen and oxygen atoms in total. The highest BCUT2D eigenvalue weighted by Crippen LogP contribution is 2.31. The lowest BCUT2D eigenvalue weighted by molar-refractivity contribution is 0.376. The van der Waals surface area contributed by atoms with E-state index in [-0.39, 0.29) is 17.0 Å². The number of aromatic amines is 1. The number of hydrogen-bond acceptors (Lipinski definition) is 4. The van der Waals surface area contributed by atoms with Crippen LogP contribution in [0.25, 0.3) is 5.69 Å². The van der Waals surface area contributed by atoms with Gasteiger partial charge in [-0.25, -0.2) is 13.1 Å². The molecule has 0 saturated heterocycles. The van der Waals surface area contributed by atoms with E-state index in [1.54, 1.807) is 12.1 Å². The zero-order valence-corrected chi connectivity index (χ0v) is 17.4. The molecule has 0 radical (unpaired) electrons. The number of fused-ring (bicyclic) bond motifs is 1. The topological polar surface area (TPSA) is 84.4 Å². The largest absolute Gasteiger partial charge is 0.495 e. The minimum absolute atomic E-state index is 0.0307. The van der Waals surface area contributed by atoms with Crippen LogP contribution in [0.3, 0.4) is 0 Å². The first-order valence-electron chi connectivity index (χ1n) is 9.36. The molecule has 0 bridgehead atoms. The van der Waals surface area contributed by atoms with E-state index in [0.717, 1.165) is 22.5 Å². The quantitative estimate of drug-likeness (QED) is 0.712. The van der Waals surface area contributed by atoms with Crippen LogP contribution in [0.1, 0.15) is 22.4 Å². The van der Waals surface area contributed by atoms with Crippen molar-refractivity contribution < 1.29 is 13.2 Å². The Morgan fingerprint density at radius 2 is 1.76 bits per heavy atom. The van der Waals surface area contributed by atoms with E-state index in [2.05, 4.69) is 5.10 Å². The Morgan fingerprint density at radius 3 is 2.45 bits per heavy atom. The summed E-state index contributed by atoms with van der Waals surface area (Å²) in [6.07, 6.45) is 0.441. The molecule has 0 amide bonds. The van der Waals surface area contributed by atoms with Crippen molar-refractivity contribution in [2.75, 3.05) is 13.7 Å². The number of aromatic nitrogens is 2. The molecule has 3 aromatic rings. The summed E-state index contributed by atoms with van der Waals surface area (Å²) in [7, 11) is -2.35. The number of methoxy groups -OCH3 is 1. The van der Waals surface area contributed by atoms with Crippen LogP contribution in [0.5, 0.6) is 5.75 Å². The predicted octanol–water partition coefficient (Wildman–Crippen LogP) is 2.54. The van der Waals surface area contributed by atoms with Gasteiger partial charge in [0.15, 0.2) is 0 Å². The van der Waals surface area contributed by atoms with Gasteiger partial charge in [-0.1, -0.05) is 18.2 Å². The van der Waals surface area contributed by atoms with E-state index in [4.69, 9.17) is 4.74 Å². The summed E-state index contributed by atoms with van der Waals surface area (Å²) >= 11 is 0. The average Bonchev–Trinajstić information content (AvgIpc) is 3.06. The third-order valence-electron chi connectivity index (χ3n) is 5.43. The maximum Gasteiger partial charge on any atom is 0.276 e. The second-order valence-corrected chi connectivity index (χ2v) is 9.13. The van der Waals surface area contributed by atoms with Gasteiger partial charge in [0.1, 0.15) is 10.6 Å². The number of benzene rings is 2. The molecule has 0 saturated carbocycles. The second kappa shape index (κ2) is 7.20. The molecular weight excluding hydrogens is 390 g/mol. The van der Waals surface area contributed by atoms with Gasteiger partial charge in [-0.05, 0) is 49.2 Å². The Hall–Kier alpha value is -2.84. The van der Waals surface area contributed by atoms with E-state index in [9.17, 15) is 13.2 Å². The van der Waals surface area contributed by atoms with Crippen molar-refractivity contribution in [3.05, 3.63) is 75.2 Å². The van der Waals surface area contributed by atoms with Crippen LogP contribution in [0.4, 0.5) is 0 Å². The van der Waals surface area contributed by atoms with E-state index in [0.29, 0.717) is 24.3 Å². The van der Waals surface area contributed by atoms with Gasteiger partial charge in [0.25, 0.3) is 5.56 Å². The molecule has 1 aromatic heterocycles. The zero-order chi connectivity index (χ0) is 20.8. The molecule has 0 unspecified atom stereocenters. The lowest BCUT2D eigenvalue weighted by Crippen LogP contribution is -2.37. The summed E-state index contributed by atoms with van der Waals surface area (Å²) < 4.78 is 34.9. The molecule has 0 atom stereocenters. The Balaban J connectivity index is 1.73. The van der Waals surface area contributed by atoms with E-state index in [1.165, 1.54) is 16.1 Å². The van der Waals surface area contributed by atoms with Crippen LogP contribution in [0, 0.1) is 13.8 Å². The van der Waals surface area contributed by atoms with E-state index in [1.807, 2.05) is 44.2 Å². The maximum atomic E-state index is 13.4. The van der Waals surface area contributed by atoms with Crippen LogP contribution in [-0.4, -0.2) is 36.2 Å². The molecule has 2 heterocycles. The number of rotatable bonds is 4. The summed E-state index contributed by atoms with van der Waals surface area (Å²) in [5, 5.41) is 3.13. The monoisotopic (exact) mass is 413 g/mol. The van der Waals surface area contributed by atoms with Gasteiger partial charge in [-0.3, -0.25) is 9.89 Å². The smallest absolute Gasteiger partial charge is 0.276 e. The van der Waals surface area contributed by atoms with Gasteiger partial charge in [0.2, 0.25) is 10.0 Å². The molecule has 2 aromatic carbocycles. The van der Waals surface area contributed by atoms with Gasteiger partial charge in [0, 0.05) is 25.2 Å². The Kier molecular flexibility index (Phi) is 4.84. The second-order valence-electron chi connectivity index (χ2n) is 7.22. The Morgan fingerprint density at radius 1 is 1.07 bits per heavy atom. The summed E-state index contributed by atoms with van der Waals surface area (Å²) in [6.45, 7) is 4.10. The predicted molar refractivity (Wildman–Crippen MR) is 110 cm³/mol. The third kappa shape index (κ3) is 3.28. The molecule has 1 aliphatic heterocycles. The number of nitrogens with zero attached hydrogens (tertiary/aromatic N) is 2. The molecule has 0 aliphatic carbocycles. The van der Waals surface area contributed by atoms with Gasteiger partial charge in [-0.15, -0.1) is 0 Å². The Labute approximate surface area is 169 Å². The van der Waals surface area contributed by atoms with Gasteiger partial charge in [-0.2, -0.15) is 4.31 Å². The number of nitrogens with one attached hydrogen (secondary N) is 1. The number of aryl methyl sites for hydroxylation is 2. The molecular formula is C21H23N3O4S. The van der Waals surface area contributed by atoms with Crippen molar-refractivity contribution in [1.29, 1.82) is 0 Å².